The molecule has 0 fully saturated rings. The van der Waals surface area contributed by atoms with Crippen LogP contribution < -0.4 is 0 Å². The Morgan fingerprint density at radius 2 is 2.27 bits per heavy atom. The van der Waals surface area contributed by atoms with Crippen molar-refractivity contribution in [3.63, 3.8) is 0 Å². The summed E-state index contributed by atoms with van der Waals surface area (Å²) in [6.07, 6.45) is 3.56. The minimum Gasteiger partial charge on any atom is -0.292 e. The Kier molecular flexibility index (Phi) is 2.87. The second-order valence-electron chi connectivity index (χ2n) is 3.22. The molecule has 0 aromatic carbocycles. The van der Waals surface area contributed by atoms with Gasteiger partial charge in [-0.25, -0.2) is 4.98 Å². The number of hydrogen-bond donors (Lipinski definition) is 0. The van der Waals surface area contributed by atoms with E-state index in [4.69, 9.17) is 0 Å². The number of rotatable bonds is 3. The first-order valence-electron chi connectivity index (χ1n) is 4.60. The Bertz CT molecular complexity index is 448. The molecule has 76 valence electrons. The fraction of sp³-hybridized carbons (Fsp3) is 0.182. The van der Waals surface area contributed by atoms with Crippen LogP contribution in [0.25, 0.3) is 0 Å². The Labute approximate surface area is 91.8 Å². The van der Waals surface area contributed by atoms with Crippen LogP contribution in [-0.4, -0.2) is 15.8 Å². The second-order valence-corrected chi connectivity index (χ2v) is 4.25. The predicted molar refractivity (Wildman–Crippen MR) is 59.1 cm³/mol. The van der Waals surface area contributed by atoms with E-state index in [1.165, 1.54) is 6.20 Å². The van der Waals surface area contributed by atoms with Gasteiger partial charge in [-0.15, -0.1) is 11.3 Å². The maximum atomic E-state index is 11.7. The Hall–Kier alpha value is -1.55. The molecule has 0 unspecified atom stereocenters. The van der Waals surface area contributed by atoms with Crippen LogP contribution in [0.4, 0.5) is 0 Å². The molecule has 0 amide bonds. The number of thiophene rings is 1. The number of carbonyl (C=O) groups is 1. The fourth-order valence-corrected chi connectivity index (χ4v) is 1.90. The van der Waals surface area contributed by atoms with E-state index in [0.717, 1.165) is 10.6 Å². The lowest BCUT2D eigenvalue weighted by Gasteiger charge is -1.98. The van der Waals surface area contributed by atoms with E-state index < -0.39 is 0 Å². The third-order valence-corrected chi connectivity index (χ3v) is 2.86. The molecule has 0 saturated carbocycles. The summed E-state index contributed by atoms with van der Waals surface area (Å²) in [6, 6.07) is 3.89. The molecule has 2 aromatic rings. The highest BCUT2D eigenvalue weighted by atomic mass is 32.1. The molecule has 0 bridgehead atoms. The van der Waals surface area contributed by atoms with Crippen molar-refractivity contribution < 1.29 is 4.79 Å². The Morgan fingerprint density at radius 3 is 2.87 bits per heavy atom. The average molecular weight is 218 g/mol. The van der Waals surface area contributed by atoms with E-state index in [0.29, 0.717) is 12.1 Å². The third-order valence-electron chi connectivity index (χ3n) is 1.98. The summed E-state index contributed by atoms with van der Waals surface area (Å²) in [5.41, 5.74) is 1.26. The summed E-state index contributed by atoms with van der Waals surface area (Å²) < 4.78 is 0. The van der Waals surface area contributed by atoms with Crippen LogP contribution in [0, 0.1) is 6.92 Å². The summed E-state index contributed by atoms with van der Waals surface area (Å²) in [4.78, 5) is 20.9. The number of Topliss-reactive ketones (excluding diaryl/α,β-unsaturated/α-hetero) is 1. The quantitative estimate of drug-likeness (QED) is 0.742. The van der Waals surface area contributed by atoms with Gasteiger partial charge < -0.3 is 0 Å². The minimum absolute atomic E-state index is 0.0185. The van der Waals surface area contributed by atoms with Crippen LogP contribution >= 0.6 is 11.3 Å². The van der Waals surface area contributed by atoms with Gasteiger partial charge in [0.25, 0.3) is 0 Å². The van der Waals surface area contributed by atoms with Crippen molar-refractivity contribution in [2.75, 3.05) is 0 Å². The van der Waals surface area contributed by atoms with E-state index in [1.807, 2.05) is 24.4 Å². The zero-order valence-corrected chi connectivity index (χ0v) is 9.12. The molecule has 15 heavy (non-hydrogen) atoms. The van der Waals surface area contributed by atoms with Crippen LogP contribution in [0.3, 0.4) is 0 Å². The van der Waals surface area contributed by atoms with Gasteiger partial charge in [-0.3, -0.25) is 9.78 Å². The van der Waals surface area contributed by atoms with E-state index in [2.05, 4.69) is 9.97 Å². The third kappa shape index (κ3) is 2.47. The molecule has 0 aliphatic carbocycles. The number of aryl methyl sites for hydroxylation is 1. The van der Waals surface area contributed by atoms with E-state index in [9.17, 15) is 4.79 Å². The molecule has 0 radical (unpaired) electrons. The summed E-state index contributed by atoms with van der Waals surface area (Å²) in [6.45, 7) is 1.85. The standard InChI is InChI=1S/C11H10N2OS/c1-8-6-13-10(7-12-8)11(14)5-9-3-2-4-15-9/h2-4,6-7H,5H2,1H3. The molecule has 0 atom stereocenters. The van der Waals surface area contributed by atoms with Crippen LogP contribution in [-0.2, 0) is 6.42 Å². The largest absolute Gasteiger partial charge is 0.292 e. The molecule has 2 rings (SSSR count). The summed E-state index contributed by atoms with van der Waals surface area (Å²) in [7, 11) is 0. The molecule has 0 spiro atoms. The number of carbonyl (C=O) groups excluding carboxylic acids is 1. The van der Waals surface area contributed by atoms with Crippen molar-refractivity contribution in [2.45, 2.75) is 13.3 Å². The van der Waals surface area contributed by atoms with Crippen molar-refractivity contribution in [1.29, 1.82) is 0 Å². The first-order chi connectivity index (χ1) is 7.25. The second kappa shape index (κ2) is 4.31. The first kappa shape index (κ1) is 9.98. The monoisotopic (exact) mass is 218 g/mol. The van der Waals surface area contributed by atoms with Gasteiger partial charge in [-0.2, -0.15) is 0 Å². The maximum Gasteiger partial charge on any atom is 0.187 e. The van der Waals surface area contributed by atoms with Gasteiger partial charge in [0.15, 0.2) is 5.78 Å². The lowest BCUT2D eigenvalue weighted by molar-refractivity contribution is 0.0988. The summed E-state index contributed by atoms with van der Waals surface area (Å²) in [5, 5.41) is 1.96. The van der Waals surface area contributed by atoms with Crippen LogP contribution in [0.5, 0.6) is 0 Å². The molecule has 4 heteroatoms. The van der Waals surface area contributed by atoms with E-state index in [1.54, 1.807) is 17.5 Å². The van der Waals surface area contributed by atoms with E-state index >= 15 is 0 Å². The normalized spacial score (nSPS) is 10.2. The van der Waals surface area contributed by atoms with Crippen LogP contribution in [0.2, 0.25) is 0 Å². The Balaban J connectivity index is 2.11. The molecular weight excluding hydrogens is 208 g/mol. The van der Waals surface area contributed by atoms with Gasteiger partial charge in [0.2, 0.25) is 0 Å². The number of nitrogens with zero attached hydrogens (tertiary/aromatic N) is 2. The number of ketones is 1. The highest BCUT2D eigenvalue weighted by molar-refractivity contribution is 7.10. The zero-order valence-electron chi connectivity index (χ0n) is 8.30. The fourth-order valence-electron chi connectivity index (χ4n) is 1.20. The number of hydrogen-bond acceptors (Lipinski definition) is 4. The van der Waals surface area contributed by atoms with Crippen molar-refractivity contribution in [1.82, 2.24) is 9.97 Å². The summed E-state index contributed by atoms with van der Waals surface area (Å²) in [5.74, 6) is 0.0185. The van der Waals surface area contributed by atoms with Crippen LogP contribution in [0.15, 0.2) is 29.9 Å². The molecule has 0 saturated heterocycles. The van der Waals surface area contributed by atoms with Gasteiger partial charge in [-0.1, -0.05) is 6.07 Å². The zero-order chi connectivity index (χ0) is 10.7. The highest BCUT2D eigenvalue weighted by Gasteiger charge is 2.09. The molecule has 0 aliphatic rings. The topological polar surface area (TPSA) is 42.9 Å². The lowest BCUT2D eigenvalue weighted by Crippen LogP contribution is -2.05. The lowest BCUT2D eigenvalue weighted by atomic mass is 10.2. The SMILES string of the molecule is Cc1cnc(C(=O)Cc2cccs2)cn1. The molecular formula is C11H10N2OS. The molecule has 2 aromatic heterocycles. The average Bonchev–Trinajstić information content (AvgIpc) is 2.71. The van der Waals surface area contributed by atoms with E-state index in [-0.39, 0.29) is 5.78 Å². The first-order valence-corrected chi connectivity index (χ1v) is 5.48. The van der Waals surface area contributed by atoms with Gasteiger partial charge in [0.05, 0.1) is 11.9 Å². The van der Waals surface area contributed by atoms with Gasteiger partial charge in [0, 0.05) is 17.5 Å². The molecule has 0 aliphatic heterocycles. The van der Waals surface area contributed by atoms with Crippen molar-refractivity contribution in [3.8, 4) is 0 Å². The van der Waals surface area contributed by atoms with Crippen LogP contribution in [0.1, 0.15) is 21.1 Å². The molecule has 0 N–H and O–H groups in total. The smallest absolute Gasteiger partial charge is 0.187 e. The molecule has 3 nitrogen and oxygen atoms in total. The van der Waals surface area contributed by atoms with Crippen molar-refractivity contribution >= 4 is 17.1 Å². The maximum absolute atomic E-state index is 11.7. The number of aromatic nitrogens is 2. The van der Waals surface area contributed by atoms with Gasteiger partial charge in [-0.05, 0) is 18.4 Å². The minimum atomic E-state index is 0.0185. The van der Waals surface area contributed by atoms with Crippen molar-refractivity contribution in [2.24, 2.45) is 0 Å². The van der Waals surface area contributed by atoms with Gasteiger partial charge >= 0.3 is 0 Å². The highest BCUT2D eigenvalue weighted by Crippen LogP contribution is 2.11. The summed E-state index contributed by atoms with van der Waals surface area (Å²) >= 11 is 1.58. The Morgan fingerprint density at radius 1 is 1.40 bits per heavy atom. The molecule has 2 heterocycles. The van der Waals surface area contributed by atoms with Gasteiger partial charge in [0.1, 0.15) is 5.69 Å². The van der Waals surface area contributed by atoms with Crippen molar-refractivity contribution in [3.05, 3.63) is 46.2 Å². The predicted octanol–water partition coefficient (Wildman–Crippen LogP) is 2.27.